The number of aliphatic hydroxyl groups is 1. The smallest absolute Gasteiger partial charge is 0.254 e. The summed E-state index contributed by atoms with van der Waals surface area (Å²) in [5.41, 5.74) is 5.73. The van der Waals surface area contributed by atoms with Crippen LogP contribution in [0, 0.1) is 0 Å². The Morgan fingerprint density at radius 3 is 2.90 bits per heavy atom. The number of hydrogen-bond donors (Lipinski definition) is 2. The second kappa shape index (κ2) is 5.61. The summed E-state index contributed by atoms with van der Waals surface area (Å²) in [5.74, 6) is 0.310. The van der Waals surface area contributed by atoms with E-state index in [1.54, 1.807) is 23.2 Å². The topological polar surface area (TPSA) is 88.7 Å². The summed E-state index contributed by atoms with van der Waals surface area (Å²) in [6.07, 6.45) is 4.18. The van der Waals surface area contributed by atoms with Gasteiger partial charge in [-0.3, -0.25) is 4.79 Å². The van der Waals surface area contributed by atoms with Gasteiger partial charge in [-0.15, -0.1) is 0 Å². The maximum atomic E-state index is 12.4. The van der Waals surface area contributed by atoms with Crippen LogP contribution in [-0.2, 0) is 4.74 Å². The molecule has 1 aromatic heterocycles. The van der Waals surface area contributed by atoms with Gasteiger partial charge in [-0.2, -0.15) is 0 Å². The third-order valence-electron chi connectivity index (χ3n) is 4.54. The van der Waals surface area contributed by atoms with E-state index in [0.717, 1.165) is 12.8 Å². The molecule has 6 heteroatoms. The van der Waals surface area contributed by atoms with Crippen molar-refractivity contribution in [2.75, 3.05) is 25.4 Å². The number of anilines is 1. The Balaban J connectivity index is 1.67. The van der Waals surface area contributed by atoms with Gasteiger partial charge in [0.1, 0.15) is 5.82 Å². The third kappa shape index (κ3) is 2.73. The number of amides is 1. The minimum Gasteiger partial charge on any atom is -0.390 e. The van der Waals surface area contributed by atoms with Gasteiger partial charge in [0, 0.05) is 31.5 Å². The minimum atomic E-state index is -0.452. The fourth-order valence-electron chi connectivity index (χ4n) is 3.24. The number of hydrogen-bond acceptors (Lipinski definition) is 5. The van der Waals surface area contributed by atoms with Gasteiger partial charge in [0.05, 0.1) is 11.7 Å². The molecule has 21 heavy (non-hydrogen) atoms. The lowest BCUT2D eigenvalue weighted by atomic mass is 9.82. The molecule has 2 saturated heterocycles. The number of likely N-dealkylation sites (tertiary alicyclic amines) is 1. The average molecular weight is 291 g/mol. The molecule has 1 unspecified atom stereocenters. The second-order valence-corrected chi connectivity index (χ2v) is 5.83. The SMILES string of the molecule is Nc1cc(C(=O)N2CCC3(CC2)OCCCC3O)ccn1. The summed E-state index contributed by atoms with van der Waals surface area (Å²) in [4.78, 5) is 18.1. The van der Waals surface area contributed by atoms with Gasteiger partial charge in [-0.25, -0.2) is 4.98 Å². The zero-order valence-electron chi connectivity index (χ0n) is 12.0. The molecule has 0 radical (unpaired) electrons. The molecule has 0 aromatic carbocycles. The molecule has 114 valence electrons. The molecule has 0 bridgehead atoms. The van der Waals surface area contributed by atoms with E-state index in [0.29, 0.717) is 43.9 Å². The van der Waals surface area contributed by atoms with E-state index >= 15 is 0 Å². The van der Waals surface area contributed by atoms with Crippen LogP contribution in [0.15, 0.2) is 18.3 Å². The van der Waals surface area contributed by atoms with Crippen LogP contribution in [0.2, 0.25) is 0 Å². The number of piperidine rings is 1. The normalized spacial score (nSPS) is 25.0. The summed E-state index contributed by atoms with van der Waals surface area (Å²) < 4.78 is 5.85. The van der Waals surface area contributed by atoms with Gasteiger partial charge in [0.25, 0.3) is 5.91 Å². The molecule has 2 aliphatic rings. The maximum absolute atomic E-state index is 12.4. The van der Waals surface area contributed by atoms with E-state index in [-0.39, 0.29) is 5.91 Å². The molecule has 3 rings (SSSR count). The summed E-state index contributed by atoms with van der Waals surface area (Å²) in [6.45, 7) is 1.89. The lowest BCUT2D eigenvalue weighted by molar-refractivity contribution is -0.174. The van der Waals surface area contributed by atoms with Crippen molar-refractivity contribution in [1.29, 1.82) is 0 Å². The van der Waals surface area contributed by atoms with Crippen molar-refractivity contribution < 1.29 is 14.6 Å². The number of nitrogens with two attached hydrogens (primary N) is 1. The molecule has 1 spiro atoms. The molecule has 1 amide bonds. The number of aliphatic hydroxyl groups excluding tert-OH is 1. The highest BCUT2D eigenvalue weighted by Crippen LogP contribution is 2.35. The lowest BCUT2D eigenvalue weighted by Gasteiger charge is -2.46. The molecular formula is C15H21N3O3. The number of pyridine rings is 1. The van der Waals surface area contributed by atoms with Gasteiger partial charge < -0.3 is 20.5 Å². The van der Waals surface area contributed by atoms with E-state index in [4.69, 9.17) is 10.5 Å². The predicted molar refractivity (Wildman–Crippen MR) is 77.7 cm³/mol. The van der Waals surface area contributed by atoms with Gasteiger partial charge in [0.2, 0.25) is 0 Å². The van der Waals surface area contributed by atoms with Crippen molar-refractivity contribution in [3.8, 4) is 0 Å². The molecule has 0 aliphatic carbocycles. The Hall–Kier alpha value is -1.66. The molecule has 1 aromatic rings. The molecule has 2 fully saturated rings. The number of rotatable bonds is 1. The van der Waals surface area contributed by atoms with E-state index in [9.17, 15) is 9.90 Å². The first-order valence-electron chi connectivity index (χ1n) is 7.44. The quantitative estimate of drug-likeness (QED) is 0.799. The van der Waals surface area contributed by atoms with Crippen LogP contribution in [0.4, 0.5) is 5.82 Å². The summed E-state index contributed by atoms with van der Waals surface area (Å²) >= 11 is 0. The molecule has 3 heterocycles. The molecule has 1 atom stereocenters. The lowest BCUT2D eigenvalue weighted by Crippen LogP contribution is -2.56. The Morgan fingerprint density at radius 2 is 2.24 bits per heavy atom. The number of nitrogen functional groups attached to an aromatic ring is 1. The minimum absolute atomic E-state index is 0.0377. The van der Waals surface area contributed by atoms with Crippen LogP contribution < -0.4 is 5.73 Å². The highest BCUT2D eigenvalue weighted by atomic mass is 16.5. The molecule has 3 N–H and O–H groups in total. The van der Waals surface area contributed by atoms with E-state index in [2.05, 4.69) is 4.98 Å². The first-order chi connectivity index (χ1) is 10.1. The van der Waals surface area contributed by atoms with Gasteiger partial charge in [-0.05, 0) is 37.8 Å². The fourth-order valence-corrected chi connectivity index (χ4v) is 3.24. The Labute approximate surface area is 123 Å². The molecule has 0 saturated carbocycles. The van der Waals surface area contributed by atoms with Crippen molar-refractivity contribution in [3.63, 3.8) is 0 Å². The standard InChI is InChI=1S/C15H21N3O3/c16-13-10-11(3-6-17-13)14(20)18-7-4-15(5-8-18)12(19)2-1-9-21-15/h3,6,10,12,19H,1-2,4-5,7-9H2,(H2,16,17). The number of ether oxygens (including phenoxy) is 1. The highest BCUT2D eigenvalue weighted by Gasteiger charge is 2.44. The van der Waals surface area contributed by atoms with E-state index in [1.165, 1.54) is 0 Å². The fraction of sp³-hybridized carbons (Fsp3) is 0.600. The maximum Gasteiger partial charge on any atom is 0.254 e. The van der Waals surface area contributed by atoms with Crippen molar-refractivity contribution in [1.82, 2.24) is 9.88 Å². The number of nitrogens with zero attached hydrogens (tertiary/aromatic N) is 2. The first-order valence-corrected chi connectivity index (χ1v) is 7.44. The van der Waals surface area contributed by atoms with Crippen LogP contribution in [0.1, 0.15) is 36.0 Å². The van der Waals surface area contributed by atoms with E-state index < -0.39 is 11.7 Å². The monoisotopic (exact) mass is 291 g/mol. The Bertz CT molecular complexity index is 527. The number of aromatic nitrogens is 1. The van der Waals surface area contributed by atoms with Crippen LogP contribution >= 0.6 is 0 Å². The van der Waals surface area contributed by atoms with Crippen molar-refractivity contribution >= 4 is 11.7 Å². The van der Waals surface area contributed by atoms with E-state index in [1.807, 2.05) is 0 Å². The summed E-state index contributed by atoms with van der Waals surface area (Å²) in [7, 11) is 0. The first kappa shape index (κ1) is 14.3. The Morgan fingerprint density at radius 1 is 1.48 bits per heavy atom. The highest BCUT2D eigenvalue weighted by molar-refractivity contribution is 5.94. The predicted octanol–water partition coefficient (Wildman–Crippen LogP) is 0.810. The van der Waals surface area contributed by atoms with Crippen LogP contribution in [0.5, 0.6) is 0 Å². The second-order valence-electron chi connectivity index (χ2n) is 5.83. The molecular weight excluding hydrogens is 270 g/mol. The average Bonchev–Trinajstić information content (AvgIpc) is 2.50. The van der Waals surface area contributed by atoms with Gasteiger partial charge >= 0.3 is 0 Å². The van der Waals surface area contributed by atoms with Crippen molar-refractivity contribution in [3.05, 3.63) is 23.9 Å². The summed E-state index contributed by atoms with van der Waals surface area (Å²) in [6, 6.07) is 3.27. The third-order valence-corrected chi connectivity index (χ3v) is 4.54. The van der Waals surface area contributed by atoms with Gasteiger partial charge in [0.15, 0.2) is 0 Å². The largest absolute Gasteiger partial charge is 0.390 e. The summed E-state index contributed by atoms with van der Waals surface area (Å²) in [5, 5.41) is 10.2. The molecule has 6 nitrogen and oxygen atoms in total. The Kier molecular flexibility index (Phi) is 3.82. The molecule has 2 aliphatic heterocycles. The van der Waals surface area contributed by atoms with Crippen molar-refractivity contribution in [2.45, 2.75) is 37.4 Å². The number of carbonyl (C=O) groups excluding carboxylic acids is 1. The van der Waals surface area contributed by atoms with Crippen LogP contribution in [-0.4, -0.2) is 52.3 Å². The van der Waals surface area contributed by atoms with Gasteiger partial charge in [-0.1, -0.05) is 0 Å². The van der Waals surface area contributed by atoms with Crippen LogP contribution in [0.25, 0.3) is 0 Å². The zero-order valence-corrected chi connectivity index (χ0v) is 12.0. The van der Waals surface area contributed by atoms with Crippen LogP contribution in [0.3, 0.4) is 0 Å². The van der Waals surface area contributed by atoms with Crippen molar-refractivity contribution in [2.24, 2.45) is 0 Å². The number of carbonyl (C=O) groups is 1. The zero-order chi connectivity index (χ0) is 14.9.